The normalized spacial score (nSPS) is 15.6. The van der Waals surface area contributed by atoms with E-state index >= 15 is 0 Å². The summed E-state index contributed by atoms with van der Waals surface area (Å²) in [6.07, 6.45) is 0.000964. The maximum absolute atomic E-state index is 13.3. The third-order valence-corrected chi connectivity index (χ3v) is 6.37. The zero-order valence-corrected chi connectivity index (χ0v) is 18.7. The number of para-hydroxylation sites is 1. The zero-order chi connectivity index (χ0) is 23.5. The highest BCUT2D eigenvalue weighted by molar-refractivity contribution is 5.93. The SMILES string of the molecule is FC(F)(F)c1ccncc1CN1CCN(Cc2ccc(-c3cccc4cccnc34)cc2)CC1. The smallest absolute Gasteiger partial charge is 0.297 e. The van der Waals surface area contributed by atoms with E-state index in [-0.39, 0.29) is 12.1 Å². The summed E-state index contributed by atoms with van der Waals surface area (Å²) in [6, 6.07) is 19.8. The molecule has 2 aromatic heterocycles. The zero-order valence-electron chi connectivity index (χ0n) is 18.7. The number of piperazine rings is 1. The van der Waals surface area contributed by atoms with Crippen molar-refractivity contribution in [3.63, 3.8) is 0 Å². The predicted octanol–water partition coefficient (Wildman–Crippen LogP) is 5.63. The van der Waals surface area contributed by atoms with E-state index in [4.69, 9.17) is 0 Å². The molecule has 4 aromatic rings. The average molecular weight is 463 g/mol. The summed E-state index contributed by atoms with van der Waals surface area (Å²) in [5.74, 6) is 0. The Morgan fingerprint density at radius 2 is 1.47 bits per heavy atom. The molecule has 0 amide bonds. The Kier molecular flexibility index (Phi) is 6.30. The predicted molar refractivity (Wildman–Crippen MR) is 127 cm³/mol. The van der Waals surface area contributed by atoms with Gasteiger partial charge in [0.25, 0.3) is 0 Å². The molecule has 2 aromatic carbocycles. The molecule has 0 saturated carbocycles. The summed E-state index contributed by atoms with van der Waals surface area (Å²) in [5.41, 5.74) is 4.11. The topological polar surface area (TPSA) is 32.3 Å². The molecule has 0 aliphatic carbocycles. The van der Waals surface area contributed by atoms with Crippen molar-refractivity contribution >= 4 is 10.9 Å². The molecule has 1 saturated heterocycles. The number of alkyl halides is 3. The lowest BCUT2D eigenvalue weighted by atomic mass is 10.0. The van der Waals surface area contributed by atoms with Gasteiger partial charge in [-0.15, -0.1) is 0 Å². The molecule has 3 heterocycles. The van der Waals surface area contributed by atoms with E-state index in [1.807, 2.05) is 12.3 Å². The van der Waals surface area contributed by atoms with E-state index in [0.29, 0.717) is 0 Å². The second-order valence-electron chi connectivity index (χ2n) is 8.66. The molecule has 0 N–H and O–H groups in total. The third-order valence-electron chi connectivity index (χ3n) is 6.37. The molecular weight excluding hydrogens is 437 g/mol. The highest BCUT2D eigenvalue weighted by Crippen LogP contribution is 2.32. The first-order valence-electron chi connectivity index (χ1n) is 11.4. The summed E-state index contributed by atoms with van der Waals surface area (Å²) < 4.78 is 39.8. The van der Waals surface area contributed by atoms with E-state index in [1.165, 1.54) is 18.0 Å². The first-order valence-corrected chi connectivity index (χ1v) is 11.4. The van der Waals surface area contributed by atoms with Gasteiger partial charge >= 0.3 is 6.18 Å². The highest BCUT2D eigenvalue weighted by Gasteiger charge is 2.33. The Morgan fingerprint density at radius 3 is 2.21 bits per heavy atom. The van der Waals surface area contributed by atoms with E-state index in [9.17, 15) is 13.2 Å². The molecule has 34 heavy (non-hydrogen) atoms. The number of benzene rings is 2. The van der Waals surface area contributed by atoms with Gasteiger partial charge < -0.3 is 0 Å². The lowest BCUT2D eigenvalue weighted by Crippen LogP contribution is -2.45. The molecule has 0 unspecified atom stereocenters. The van der Waals surface area contributed by atoms with Crippen LogP contribution in [0, 0.1) is 0 Å². The monoisotopic (exact) mass is 462 g/mol. The van der Waals surface area contributed by atoms with E-state index in [2.05, 4.69) is 68.3 Å². The number of aromatic nitrogens is 2. The maximum atomic E-state index is 13.3. The van der Waals surface area contributed by atoms with Gasteiger partial charge in [0.15, 0.2) is 0 Å². The van der Waals surface area contributed by atoms with Gasteiger partial charge in [-0.25, -0.2) is 0 Å². The third kappa shape index (κ3) is 4.95. The van der Waals surface area contributed by atoms with Gasteiger partial charge in [-0.05, 0) is 28.8 Å². The number of hydrogen-bond donors (Lipinski definition) is 0. The summed E-state index contributed by atoms with van der Waals surface area (Å²) in [7, 11) is 0. The van der Waals surface area contributed by atoms with Gasteiger partial charge in [-0.2, -0.15) is 13.2 Å². The van der Waals surface area contributed by atoms with Crippen LogP contribution in [0.2, 0.25) is 0 Å². The first kappa shape index (κ1) is 22.5. The highest BCUT2D eigenvalue weighted by atomic mass is 19.4. The molecule has 1 aliphatic rings. The van der Waals surface area contributed by atoms with Crippen LogP contribution in [0.15, 0.2) is 79.3 Å². The quantitative estimate of drug-likeness (QED) is 0.385. The van der Waals surface area contributed by atoms with Crippen molar-refractivity contribution < 1.29 is 13.2 Å². The molecule has 174 valence electrons. The Morgan fingerprint density at radius 1 is 0.765 bits per heavy atom. The van der Waals surface area contributed by atoms with Crippen LogP contribution < -0.4 is 0 Å². The molecule has 5 rings (SSSR count). The molecule has 0 radical (unpaired) electrons. The molecule has 0 bridgehead atoms. The summed E-state index contributed by atoms with van der Waals surface area (Å²) >= 11 is 0. The molecule has 1 aliphatic heterocycles. The van der Waals surface area contributed by atoms with Gasteiger partial charge in [-0.3, -0.25) is 19.8 Å². The minimum atomic E-state index is -4.35. The molecule has 7 heteroatoms. The van der Waals surface area contributed by atoms with Gasteiger partial charge in [0, 0.05) is 68.8 Å². The fourth-order valence-corrected chi connectivity index (χ4v) is 4.56. The van der Waals surface area contributed by atoms with Gasteiger partial charge in [0.05, 0.1) is 11.1 Å². The van der Waals surface area contributed by atoms with Crippen molar-refractivity contribution in [2.75, 3.05) is 26.2 Å². The van der Waals surface area contributed by atoms with Gasteiger partial charge in [-0.1, -0.05) is 48.5 Å². The number of halogens is 3. The van der Waals surface area contributed by atoms with E-state index in [1.54, 1.807) is 0 Å². The van der Waals surface area contributed by atoms with Crippen LogP contribution in [0.3, 0.4) is 0 Å². The van der Waals surface area contributed by atoms with Gasteiger partial charge in [0.1, 0.15) is 0 Å². The van der Waals surface area contributed by atoms with E-state index < -0.39 is 11.7 Å². The maximum Gasteiger partial charge on any atom is 0.416 e. The molecule has 1 fully saturated rings. The molecule has 4 nitrogen and oxygen atoms in total. The second-order valence-corrected chi connectivity index (χ2v) is 8.66. The van der Waals surface area contributed by atoms with Crippen LogP contribution in [-0.4, -0.2) is 45.9 Å². The minimum absolute atomic E-state index is 0.238. The number of rotatable bonds is 5. The Hall–Kier alpha value is -3.29. The van der Waals surface area contributed by atoms with Crippen LogP contribution in [0.5, 0.6) is 0 Å². The van der Waals surface area contributed by atoms with Crippen molar-refractivity contribution in [3.05, 3.63) is 95.9 Å². The second kappa shape index (κ2) is 9.52. The van der Waals surface area contributed by atoms with E-state index in [0.717, 1.165) is 60.8 Å². The lowest BCUT2D eigenvalue weighted by Gasteiger charge is -2.35. The van der Waals surface area contributed by atoms with Gasteiger partial charge in [0.2, 0.25) is 0 Å². The Labute approximate surface area is 196 Å². The average Bonchev–Trinajstić information content (AvgIpc) is 2.85. The molecule has 0 atom stereocenters. The molecule has 0 spiro atoms. The lowest BCUT2D eigenvalue weighted by molar-refractivity contribution is -0.138. The number of hydrogen-bond acceptors (Lipinski definition) is 4. The van der Waals surface area contributed by atoms with Crippen LogP contribution in [-0.2, 0) is 19.3 Å². The minimum Gasteiger partial charge on any atom is -0.297 e. The number of pyridine rings is 2. The Balaban J connectivity index is 1.20. The fourth-order valence-electron chi connectivity index (χ4n) is 4.56. The Bertz CT molecular complexity index is 1260. The number of fused-ring (bicyclic) bond motifs is 1. The number of nitrogens with zero attached hydrogens (tertiary/aromatic N) is 4. The largest absolute Gasteiger partial charge is 0.416 e. The molecular formula is C27H25F3N4. The standard InChI is InChI=1S/C27H25F3N4/c28-27(29,30)25-10-12-31-17-23(25)19-34-15-13-33(14-16-34)18-20-6-8-21(9-7-20)24-5-1-3-22-4-2-11-32-26(22)24/h1-12,17H,13-16,18-19H2. The summed E-state index contributed by atoms with van der Waals surface area (Å²) in [4.78, 5) is 12.9. The fraction of sp³-hybridized carbons (Fsp3) is 0.259. The van der Waals surface area contributed by atoms with Crippen LogP contribution in [0.4, 0.5) is 13.2 Å². The van der Waals surface area contributed by atoms with Crippen LogP contribution >= 0.6 is 0 Å². The summed E-state index contributed by atoms with van der Waals surface area (Å²) in [6.45, 7) is 4.18. The van der Waals surface area contributed by atoms with Crippen LogP contribution in [0.25, 0.3) is 22.0 Å². The van der Waals surface area contributed by atoms with Crippen molar-refractivity contribution in [2.45, 2.75) is 19.3 Å². The van der Waals surface area contributed by atoms with Crippen LogP contribution in [0.1, 0.15) is 16.7 Å². The van der Waals surface area contributed by atoms with Crippen molar-refractivity contribution in [3.8, 4) is 11.1 Å². The van der Waals surface area contributed by atoms with Crippen molar-refractivity contribution in [2.24, 2.45) is 0 Å². The van der Waals surface area contributed by atoms with Crippen molar-refractivity contribution in [1.29, 1.82) is 0 Å². The van der Waals surface area contributed by atoms with Crippen molar-refractivity contribution in [1.82, 2.24) is 19.8 Å². The summed E-state index contributed by atoms with van der Waals surface area (Å²) in [5, 5.41) is 1.12. The first-order chi connectivity index (χ1) is 16.5.